The lowest BCUT2D eigenvalue weighted by molar-refractivity contribution is -0.384. The Morgan fingerprint density at radius 2 is 2.25 bits per heavy atom. The van der Waals surface area contributed by atoms with Crippen molar-refractivity contribution in [3.05, 3.63) is 26.7 Å². The summed E-state index contributed by atoms with van der Waals surface area (Å²) < 4.78 is 6.12. The Balaban J connectivity index is 2.95. The fourth-order valence-corrected chi connectivity index (χ4v) is 2.13. The molecule has 0 bridgehead atoms. The maximum atomic E-state index is 11.0. The van der Waals surface area contributed by atoms with Gasteiger partial charge in [0.2, 0.25) is 0 Å². The van der Waals surface area contributed by atoms with Crippen molar-refractivity contribution in [2.75, 3.05) is 11.9 Å². The van der Waals surface area contributed by atoms with Crippen molar-refractivity contribution in [3.8, 4) is 5.75 Å². The second-order valence-corrected chi connectivity index (χ2v) is 5.40. The number of nitrogens with zero attached hydrogens (tertiary/aromatic N) is 1. The number of anilines is 1. The fourth-order valence-electron chi connectivity index (χ4n) is 1.57. The molecule has 110 valence electrons. The lowest BCUT2D eigenvalue weighted by Gasteiger charge is -2.11. The summed E-state index contributed by atoms with van der Waals surface area (Å²) >= 11 is 7.98. The maximum absolute atomic E-state index is 11.0. The smallest absolute Gasteiger partial charge is 0.294 e. The van der Waals surface area contributed by atoms with Crippen LogP contribution in [0, 0.1) is 10.1 Å². The van der Waals surface area contributed by atoms with E-state index in [2.05, 4.69) is 28.2 Å². The summed E-state index contributed by atoms with van der Waals surface area (Å²) in [4.78, 5) is 10.5. The molecular weight excluding hydrogens is 346 g/mol. The number of nitro benzene ring substituents is 1. The molecule has 0 aliphatic heterocycles. The van der Waals surface area contributed by atoms with Gasteiger partial charge in [-0.15, -0.1) is 0 Å². The summed E-state index contributed by atoms with van der Waals surface area (Å²) in [6.07, 6.45) is 3.10. The van der Waals surface area contributed by atoms with Gasteiger partial charge < -0.3 is 15.8 Å². The Bertz CT molecular complexity index is 511. The van der Waals surface area contributed by atoms with Crippen molar-refractivity contribution in [2.24, 2.45) is 5.73 Å². The molecule has 0 aliphatic carbocycles. The minimum atomic E-state index is -0.508. The molecule has 0 aliphatic rings. The zero-order chi connectivity index (χ0) is 15.1. The van der Waals surface area contributed by atoms with E-state index in [0.29, 0.717) is 16.8 Å². The van der Waals surface area contributed by atoms with Crippen LogP contribution >= 0.6 is 28.1 Å². The highest BCUT2D eigenvalue weighted by Gasteiger charge is 2.18. The van der Waals surface area contributed by atoms with E-state index in [-0.39, 0.29) is 16.5 Å². The van der Waals surface area contributed by atoms with E-state index in [0.717, 1.165) is 19.3 Å². The van der Waals surface area contributed by atoms with Crippen molar-refractivity contribution in [1.29, 1.82) is 0 Å². The number of ether oxygens (including phenoxy) is 1. The molecule has 0 fully saturated rings. The third-order valence-corrected chi connectivity index (χ3v) is 3.23. The topological polar surface area (TPSA) is 90.4 Å². The Labute approximate surface area is 131 Å². The Hall–Kier alpha value is -1.41. The first-order chi connectivity index (χ1) is 9.45. The molecular formula is C12H16BrN3O3S. The predicted octanol–water partition coefficient (Wildman–Crippen LogP) is 3.58. The molecule has 8 heteroatoms. The second kappa shape index (κ2) is 8.01. The van der Waals surface area contributed by atoms with Gasteiger partial charge in [0.25, 0.3) is 5.69 Å². The lowest BCUT2D eigenvalue weighted by Crippen LogP contribution is -2.19. The summed E-state index contributed by atoms with van der Waals surface area (Å²) in [6, 6.07) is 2.89. The number of halogens is 1. The zero-order valence-electron chi connectivity index (χ0n) is 11.0. The first kappa shape index (κ1) is 16.6. The summed E-state index contributed by atoms with van der Waals surface area (Å²) in [5, 5.41) is 13.5. The van der Waals surface area contributed by atoms with Crippen molar-refractivity contribution in [1.82, 2.24) is 0 Å². The average molecular weight is 362 g/mol. The highest BCUT2D eigenvalue weighted by molar-refractivity contribution is 9.10. The molecule has 0 saturated carbocycles. The molecule has 1 aromatic rings. The Morgan fingerprint density at radius 3 is 2.80 bits per heavy atom. The van der Waals surface area contributed by atoms with Gasteiger partial charge in [-0.2, -0.15) is 0 Å². The first-order valence-corrected chi connectivity index (χ1v) is 7.33. The van der Waals surface area contributed by atoms with E-state index >= 15 is 0 Å². The number of nitrogens with one attached hydrogen (secondary N) is 1. The van der Waals surface area contributed by atoms with Crippen LogP contribution in [-0.2, 0) is 0 Å². The molecule has 0 aromatic heterocycles. The third-order valence-electron chi connectivity index (χ3n) is 2.51. The normalized spacial score (nSPS) is 10.1. The molecule has 0 amide bonds. The highest BCUT2D eigenvalue weighted by Crippen LogP contribution is 2.36. The predicted molar refractivity (Wildman–Crippen MR) is 86.2 cm³/mol. The number of nitro groups is 1. The number of benzene rings is 1. The van der Waals surface area contributed by atoms with E-state index < -0.39 is 4.92 Å². The Kier molecular flexibility index (Phi) is 6.66. The van der Waals surface area contributed by atoms with Crippen molar-refractivity contribution in [3.63, 3.8) is 0 Å². The lowest BCUT2D eigenvalue weighted by atomic mass is 10.2. The SMILES string of the molecule is CCCCCOc1cc(NC(N)=S)c([N+](=O)[O-])cc1Br. The van der Waals surface area contributed by atoms with Crippen LogP contribution in [0.3, 0.4) is 0 Å². The number of thiocarbonyl (C=S) groups is 1. The number of hydrogen-bond acceptors (Lipinski definition) is 4. The molecule has 20 heavy (non-hydrogen) atoms. The van der Waals surface area contributed by atoms with E-state index in [9.17, 15) is 10.1 Å². The van der Waals surface area contributed by atoms with Crippen LogP contribution in [0.5, 0.6) is 5.75 Å². The molecule has 0 heterocycles. The standard InChI is InChI=1S/C12H16BrN3O3S/c1-2-3-4-5-19-11-7-9(15-12(14)20)10(16(17)18)6-8(11)13/h6-7H,2-5H2,1H3,(H3,14,15,20). The Morgan fingerprint density at radius 1 is 1.55 bits per heavy atom. The quantitative estimate of drug-likeness (QED) is 0.333. The molecule has 1 aromatic carbocycles. The van der Waals surface area contributed by atoms with Gasteiger partial charge in [-0.05, 0) is 34.6 Å². The van der Waals surface area contributed by atoms with Crippen LogP contribution in [0.1, 0.15) is 26.2 Å². The van der Waals surface area contributed by atoms with Crippen molar-refractivity contribution >= 4 is 44.6 Å². The van der Waals surface area contributed by atoms with Gasteiger partial charge in [0, 0.05) is 12.1 Å². The largest absolute Gasteiger partial charge is 0.492 e. The summed E-state index contributed by atoms with van der Waals surface area (Å²) in [5.41, 5.74) is 5.47. The van der Waals surface area contributed by atoms with E-state index in [4.69, 9.17) is 22.7 Å². The van der Waals surface area contributed by atoms with Crippen LogP contribution in [0.2, 0.25) is 0 Å². The third kappa shape index (κ3) is 4.93. The van der Waals surface area contributed by atoms with Crippen LogP contribution in [0.15, 0.2) is 16.6 Å². The van der Waals surface area contributed by atoms with Gasteiger partial charge in [0.1, 0.15) is 11.4 Å². The van der Waals surface area contributed by atoms with Crippen LogP contribution < -0.4 is 15.8 Å². The molecule has 3 N–H and O–H groups in total. The minimum Gasteiger partial charge on any atom is -0.492 e. The molecule has 0 spiro atoms. The highest BCUT2D eigenvalue weighted by atomic mass is 79.9. The molecule has 6 nitrogen and oxygen atoms in total. The van der Waals surface area contributed by atoms with Gasteiger partial charge in [-0.25, -0.2) is 0 Å². The molecule has 0 radical (unpaired) electrons. The summed E-state index contributed by atoms with van der Waals surface area (Å²) in [5.74, 6) is 0.519. The first-order valence-electron chi connectivity index (χ1n) is 6.13. The van der Waals surface area contributed by atoms with E-state index in [1.807, 2.05) is 0 Å². The van der Waals surface area contributed by atoms with Gasteiger partial charge >= 0.3 is 0 Å². The molecule has 0 unspecified atom stereocenters. The maximum Gasteiger partial charge on any atom is 0.294 e. The monoisotopic (exact) mass is 361 g/mol. The average Bonchev–Trinajstić information content (AvgIpc) is 2.36. The summed E-state index contributed by atoms with van der Waals surface area (Å²) in [6.45, 7) is 2.66. The minimum absolute atomic E-state index is 0.0349. The van der Waals surface area contributed by atoms with Gasteiger partial charge in [-0.1, -0.05) is 19.8 Å². The van der Waals surface area contributed by atoms with Crippen molar-refractivity contribution in [2.45, 2.75) is 26.2 Å². The number of nitrogens with two attached hydrogens (primary N) is 1. The number of hydrogen-bond donors (Lipinski definition) is 2. The summed E-state index contributed by atoms with van der Waals surface area (Å²) in [7, 11) is 0. The zero-order valence-corrected chi connectivity index (χ0v) is 13.4. The molecule has 0 atom stereocenters. The number of unbranched alkanes of at least 4 members (excludes halogenated alkanes) is 2. The van der Waals surface area contributed by atoms with E-state index in [1.54, 1.807) is 0 Å². The van der Waals surface area contributed by atoms with Gasteiger partial charge in [0.05, 0.1) is 16.0 Å². The van der Waals surface area contributed by atoms with Crippen LogP contribution in [-0.4, -0.2) is 16.6 Å². The van der Waals surface area contributed by atoms with Gasteiger partial charge in [-0.3, -0.25) is 10.1 Å². The number of rotatable bonds is 7. The van der Waals surface area contributed by atoms with Gasteiger partial charge in [0.15, 0.2) is 5.11 Å². The van der Waals surface area contributed by atoms with E-state index in [1.165, 1.54) is 12.1 Å². The molecule has 1 rings (SSSR count). The molecule has 0 saturated heterocycles. The second-order valence-electron chi connectivity index (χ2n) is 4.10. The van der Waals surface area contributed by atoms with Crippen LogP contribution in [0.4, 0.5) is 11.4 Å². The fraction of sp³-hybridized carbons (Fsp3) is 0.417. The van der Waals surface area contributed by atoms with Crippen molar-refractivity contribution < 1.29 is 9.66 Å². The van der Waals surface area contributed by atoms with Crippen LogP contribution in [0.25, 0.3) is 0 Å².